The van der Waals surface area contributed by atoms with Gasteiger partial charge in [0.05, 0.1) is 12.1 Å². The highest BCUT2D eigenvalue weighted by Crippen LogP contribution is 2.25. The first-order valence-electron chi connectivity index (χ1n) is 8.46. The van der Waals surface area contributed by atoms with Crippen LogP contribution in [0, 0.1) is 6.92 Å². The molecule has 1 aromatic heterocycles. The van der Waals surface area contributed by atoms with Crippen molar-refractivity contribution in [3.63, 3.8) is 0 Å². The predicted octanol–water partition coefficient (Wildman–Crippen LogP) is 3.59. The zero-order chi connectivity index (χ0) is 18.1. The highest BCUT2D eigenvalue weighted by Gasteiger charge is 2.23. The number of hydrogen-bond donors (Lipinski definition) is 2. The van der Waals surface area contributed by atoms with Gasteiger partial charge in [0.25, 0.3) is 5.91 Å². The fraction of sp³-hybridized carbons (Fsp3) is 0.150. The van der Waals surface area contributed by atoms with E-state index in [1.165, 1.54) is 0 Å². The van der Waals surface area contributed by atoms with Gasteiger partial charge in [0.2, 0.25) is 5.95 Å². The number of benzene rings is 2. The lowest BCUT2D eigenvalue weighted by Crippen LogP contribution is -2.26. The minimum Gasteiger partial charge on any atom is -0.328 e. The fourth-order valence-corrected chi connectivity index (χ4v) is 2.92. The lowest BCUT2D eigenvalue weighted by molar-refractivity contribution is -0.113. The Balaban J connectivity index is 1.58. The molecule has 6 heteroatoms. The Hall–Kier alpha value is -3.41. The number of allylic oxidation sites excluding steroid dienone is 1. The summed E-state index contributed by atoms with van der Waals surface area (Å²) in [5.41, 5.74) is 4.21. The molecule has 0 atom stereocenters. The lowest BCUT2D eigenvalue weighted by Gasteiger charge is -2.20. The van der Waals surface area contributed by atoms with Crippen molar-refractivity contribution in [1.82, 2.24) is 14.8 Å². The van der Waals surface area contributed by atoms with Gasteiger partial charge in [-0.25, -0.2) is 4.68 Å². The number of carbonyl (C=O) groups excluding carboxylic acids is 1. The number of rotatable bonds is 3. The minimum atomic E-state index is -0.133. The zero-order valence-corrected chi connectivity index (χ0v) is 14.7. The Bertz CT molecular complexity index is 1000. The molecule has 1 aliphatic rings. The molecule has 0 unspecified atom stereocenters. The van der Waals surface area contributed by atoms with Crippen LogP contribution in [0.15, 0.2) is 65.9 Å². The molecule has 3 aromatic rings. The fourth-order valence-electron chi connectivity index (χ4n) is 2.92. The van der Waals surface area contributed by atoms with Crippen LogP contribution in [-0.4, -0.2) is 20.7 Å². The molecule has 0 radical (unpaired) electrons. The average molecular weight is 345 g/mol. The molecule has 6 nitrogen and oxygen atoms in total. The molecular formula is C20H19N5O. The molecule has 0 fully saturated rings. The number of aryl methyl sites for hydroxylation is 1. The van der Waals surface area contributed by atoms with Crippen molar-refractivity contribution in [3.8, 4) is 11.4 Å². The van der Waals surface area contributed by atoms with Gasteiger partial charge in [0, 0.05) is 16.9 Å². The maximum absolute atomic E-state index is 12.7. The van der Waals surface area contributed by atoms with Gasteiger partial charge < -0.3 is 10.6 Å². The second-order valence-electron chi connectivity index (χ2n) is 6.28. The standard InChI is InChI=1S/C20H19N5O/c1-13-8-6-7-11-17(13)22-19(26)16-12-25-20(21-14(16)2)23-18(24-25)15-9-4-3-5-10-15/h3-11H,12H2,1-2H3,(H,22,26)(H,21,23,24). The highest BCUT2D eigenvalue weighted by atomic mass is 16.1. The number of carbonyl (C=O) groups is 1. The number of fused-ring (bicyclic) bond motifs is 1. The smallest absolute Gasteiger partial charge is 0.255 e. The summed E-state index contributed by atoms with van der Waals surface area (Å²) in [7, 11) is 0. The van der Waals surface area contributed by atoms with E-state index in [1.54, 1.807) is 4.68 Å². The van der Waals surface area contributed by atoms with Crippen LogP contribution in [0.3, 0.4) is 0 Å². The second-order valence-corrected chi connectivity index (χ2v) is 6.28. The Kier molecular flexibility index (Phi) is 4.01. The molecule has 1 amide bonds. The van der Waals surface area contributed by atoms with Crippen molar-refractivity contribution < 1.29 is 4.79 Å². The maximum Gasteiger partial charge on any atom is 0.255 e. The lowest BCUT2D eigenvalue weighted by atomic mass is 10.1. The monoisotopic (exact) mass is 345 g/mol. The van der Waals surface area contributed by atoms with Crippen LogP contribution in [0.5, 0.6) is 0 Å². The maximum atomic E-state index is 12.7. The van der Waals surface area contributed by atoms with Crippen LogP contribution in [0.25, 0.3) is 11.4 Å². The summed E-state index contributed by atoms with van der Waals surface area (Å²) in [6.45, 7) is 4.23. The van der Waals surface area contributed by atoms with Gasteiger partial charge in [0.1, 0.15) is 0 Å². The summed E-state index contributed by atoms with van der Waals surface area (Å²) in [5, 5.41) is 10.7. The first kappa shape index (κ1) is 16.1. The quantitative estimate of drug-likeness (QED) is 0.761. The van der Waals surface area contributed by atoms with Crippen LogP contribution in [0.1, 0.15) is 12.5 Å². The first-order valence-corrected chi connectivity index (χ1v) is 8.46. The number of nitrogens with zero attached hydrogens (tertiary/aromatic N) is 3. The third-order valence-corrected chi connectivity index (χ3v) is 4.43. The van der Waals surface area contributed by atoms with E-state index >= 15 is 0 Å². The van der Waals surface area contributed by atoms with Gasteiger partial charge >= 0.3 is 0 Å². The highest BCUT2D eigenvalue weighted by molar-refractivity contribution is 6.05. The van der Waals surface area contributed by atoms with E-state index in [4.69, 9.17) is 0 Å². The summed E-state index contributed by atoms with van der Waals surface area (Å²) in [6, 6.07) is 17.5. The van der Waals surface area contributed by atoms with Gasteiger partial charge in [0.15, 0.2) is 5.82 Å². The van der Waals surface area contributed by atoms with Crippen LogP contribution < -0.4 is 10.6 Å². The third kappa shape index (κ3) is 2.97. The number of amides is 1. The topological polar surface area (TPSA) is 71.8 Å². The Morgan fingerprint density at radius 2 is 1.81 bits per heavy atom. The van der Waals surface area contributed by atoms with Crippen molar-refractivity contribution in [2.24, 2.45) is 0 Å². The van der Waals surface area contributed by atoms with Crippen LogP contribution in [0.2, 0.25) is 0 Å². The molecule has 0 spiro atoms. The van der Waals surface area contributed by atoms with Crippen LogP contribution >= 0.6 is 0 Å². The first-order chi connectivity index (χ1) is 12.6. The van der Waals surface area contributed by atoms with Crippen LogP contribution in [0.4, 0.5) is 11.6 Å². The number of nitrogens with one attached hydrogen (secondary N) is 2. The number of aromatic nitrogens is 3. The molecule has 1 aliphatic heterocycles. The summed E-state index contributed by atoms with van der Waals surface area (Å²) in [5.74, 6) is 1.15. The van der Waals surface area contributed by atoms with E-state index in [1.807, 2.05) is 68.4 Å². The van der Waals surface area contributed by atoms with Crippen molar-refractivity contribution in [1.29, 1.82) is 0 Å². The van der Waals surface area contributed by atoms with Gasteiger partial charge in [-0.2, -0.15) is 4.98 Å². The average Bonchev–Trinajstić information content (AvgIpc) is 3.06. The normalized spacial score (nSPS) is 13.2. The van der Waals surface area contributed by atoms with Gasteiger partial charge in [-0.3, -0.25) is 4.79 Å². The SMILES string of the molecule is CC1=C(C(=O)Nc2ccccc2C)Cn2nc(-c3ccccc3)nc2N1. The molecule has 2 N–H and O–H groups in total. The minimum absolute atomic E-state index is 0.133. The molecule has 0 saturated carbocycles. The molecule has 0 aliphatic carbocycles. The van der Waals surface area contributed by atoms with Gasteiger partial charge in [-0.15, -0.1) is 5.10 Å². The van der Waals surface area contributed by atoms with E-state index in [0.29, 0.717) is 23.9 Å². The van der Waals surface area contributed by atoms with Crippen molar-refractivity contribution >= 4 is 17.5 Å². The third-order valence-electron chi connectivity index (χ3n) is 4.43. The molecule has 0 bridgehead atoms. The van der Waals surface area contributed by atoms with Gasteiger partial charge in [-0.1, -0.05) is 48.5 Å². The van der Waals surface area contributed by atoms with E-state index in [-0.39, 0.29) is 5.91 Å². The molecule has 0 saturated heterocycles. The largest absolute Gasteiger partial charge is 0.328 e. The Morgan fingerprint density at radius 3 is 2.58 bits per heavy atom. The predicted molar refractivity (Wildman–Crippen MR) is 102 cm³/mol. The van der Waals surface area contributed by atoms with E-state index in [2.05, 4.69) is 20.7 Å². The molecule has 2 aromatic carbocycles. The van der Waals surface area contributed by atoms with Crippen molar-refractivity contribution in [2.45, 2.75) is 20.4 Å². The Labute approximate surface area is 151 Å². The second kappa shape index (κ2) is 6.48. The van der Waals surface area contributed by atoms with E-state index < -0.39 is 0 Å². The number of para-hydroxylation sites is 1. The summed E-state index contributed by atoms with van der Waals surface area (Å²) in [4.78, 5) is 17.3. The van der Waals surface area contributed by atoms with Crippen LogP contribution in [-0.2, 0) is 11.3 Å². The molecule has 130 valence electrons. The molecule has 2 heterocycles. The number of hydrogen-bond acceptors (Lipinski definition) is 4. The zero-order valence-electron chi connectivity index (χ0n) is 14.7. The molecule has 4 rings (SSSR count). The van der Waals surface area contributed by atoms with E-state index in [9.17, 15) is 4.79 Å². The summed E-state index contributed by atoms with van der Waals surface area (Å²) >= 11 is 0. The Morgan fingerprint density at radius 1 is 1.08 bits per heavy atom. The summed E-state index contributed by atoms with van der Waals surface area (Å²) in [6.07, 6.45) is 0. The van der Waals surface area contributed by atoms with Gasteiger partial charge in [-0.05, 0) is 25.5 Å². The molecule has 26 heavy (non-hydrogen) atoms. The number of anilines is 2. The van der Waals surface area contributed by atoms with E-state index in [0.717, 1.165) is 22.5 Å². The van der Waals surface area contributed by atoms with Crippen molar-refractivity contribution in [2.75, 3.05) is 10.6 Å². The summed E-state index contributed by atoms with van der Waals surface area (Å²) < 4.78 is 1.72. The molecular weight excluding hydrogens is 326 g/mol. The van der Waals surface area contributed by atoms with Crippen molar-refractivity contribution in [3.05, 3.63) is 71.4 Å².